The Hall–Kier alpha value is -2.59. The van der Waals surface area contributed by atoms with E-state index in [9.17, 15) is 31.5 Å². The summed E-state index contributed by atoms with van der Waals surface area (Å²) in [6.07, 6.45) is -4.73. The number of carbonyl (C=O) groups excluding carboxylic acids is 2. The fourth-order valence-electron chi connectivity index (χ4n) is 4.31. The quantitative estimate of drug-likeness (QED) is 0.240. The number of alkyl halides is 5. The lowest BCUT2D eigenvalue weighted by atomic mass is 9.88. The maximum absolute atomic E-state index is 14.0. The van der Waals surface area contributed by atoms with E-state index in [1.807, 2.05) is 0 Å². The van der Waals surface area contributed by atoms with Crippen molar-refractivity contribution in [1.82, 2.24) is 0 Å². The standard InChI is InChI=1S/C24H13Cl4F5N2O2/c25-15-5-2-11(24(31,32)33)8-13(15)19-22(21(34)37,23(19,27)28)10-1-4-16(26)14(7-10)20(36)35-18-6-3-12(29)9-17(18)30/h1-9,19H,(H2,34,37)(H,35,36). The molecule has 1 saturated carbocycles. The highest BCUT2D eigenvalue weighted by Gasteiger charge is 2.81. The Kier molecular flexibility index (Phi) is 6.90. The van der Waals surface area contributed by atoms with Crippen molar-refractivity contribution in [2.45, 2.75) is 21.8 Å². The van der Waals surface area contributed by atoms with Gasteiger partial charge in [0, 0.05) is 17.0 Å². The summed E-state index contributed by atoms with van der Waals surface area (Å²) in [5.74, 6) is -5.30. The number of anilines is 1. The van der Waals surface area contributed by atoms with Crippen LogP contribution < -0.4 is 11.1 Å². The molecule has 0 saturated heterocycles. The van der Waals surface area contributed by atoms with Crippen molar-refractivity contribution >= 4 is 63.9 Å². The van der Waals surface area contributed by atoms with Gasteiger partial charge in [-0.25, -0.2) is 8.78 Å². The zero-order valence-electron chi connectivity index (χ0n) is 18.1. The van der Waals surface area contributed by atoms with Gasteiger partial charge in [-0.2, -0.15) is 13.2 Å². The minimum absolute atomic E-state index is 0.0439. The van der Waals surface area contributed by atoms with Crippen LogP contribution >= 0.6 is 46.4 Å². The molecule has 0 aliphatic heterocycles. The Labute approximate surface area is 226 Å². The van der Waals surface area contributed by atoms with Crippen molar-refractivity contribution in [3.63, 3.8) is 0 Å². The number of amides is 2. The molecule has 0 radical (unpaired) electrons. The molecule has 1 aliphatic rings. The van der Waals surface area contributed by atoms with Crippen LogP contribution in [-0.4, -0.2) is 16.1 Å². The molecule has 1 fully saturated rings. The van der Waals surface area contributed by atoms with Crippen LogP contribution in [0.25, 0.3) is 0 Å². The molecule has 3 aromatic carbocycles. The van der Waals surface area contributed by atoms with Crippen LogP contribution in [0.2, 0.25) is 10.0 Å². The smallest absolute Gasteiger partial charge is 0.369 e. The monoisotopic (exact) mass is 596 g/mol. The normalized spacial score (nSPS) is 20.4. The van der Waals surface area contributed by atoms with E-state index in [1.54, 1.807) is 0 Å². The number of rotatable bonds is 5. The second-order valence-corrected chi connectivity index (χ2v) is 10.4. The van der Waals surface area contributed by atoms with Crippen molar-refractivity contribution in [1.29, 1.82) is 0 Å². The summed E-state index contributed by atoms with van der Waals surface area (Å²) in [5, 5.41) is 1.95. The number of hydrogen-bond acceptors (Lipinski definition) is 2. The molecule has 4 nitrogen and oxygen atoms in total. The van der Waals surface area contributed by atoms with Gasteiger partial charge >= 0.3 is 6.18 Å². The van der Waals surface area contributed by atoms with Gasteiger partial charge in [-0.15, -0.1) is 0 Å². The molecule has 194 valence electrons. The summed E-state index contributed by atoms with van der Waals surface area (Å²) in [6.45, 7) is 0. The van der Waals surface area contributed by atoms with Gasteiger partial charge in [-0.1, -0.05) is 52.5 Å². The Morgan fingerprint density at radius 2 is 1.57 bits per heavy atom. The van der Waals surface area contributed by atoms with E-state index in [4.69, 9.17) is 52.1 Å². The van der Waals surface area contributed by atoms with Crippen LogP contribution in [0.1, 0.15) is 33.0 Å². The average molecular weight is 598 g/mol. The maximum Gasteiger partial charge on any atom is 0.416 e. The molecule has 0 aromatic heterocycles. The molecule has 37 heavy (non-hydrogen) atoms. The summed E-state index contributed by atoms with van der Waals surface area (Å²) in [4.78, 5) is 25.7. The Morgan fingerprint density at radius 1 is 0.919 bits per heavy atom. The van der Waals surface area contributed by atoms with Gasteiger partial charge in [0.05, 0.1) is 21.8 Å². The zero-order valence-corrected chi connectivity index (χ0v) is 21.1. The molecule has 0 spiro atoms. The largest absolute Gasteiger partial charge is 0.416 e. The van der Waals surface area contributed by atoms with Gasteiger partial charge in [0.25, 0.3) is 5.91 Å². The Balaban J connectivity index is 1.80. The first kappa shape index (κ1) is 27.4. The fourth-order valence-corrected chi connectivity index (χ4v) is 5.81. The first-order valence-corrected chi connectivity index (χ1v) is 11.7. The predicted octanol–water partition coefficient (Wildman–Crippen LogP) is 7.24. The summed E-state index contributed by atoms with van der Waals surface area (Å²) in [6, 6.07) is 8.53. The highest BCUT2D eigenvalue weighted by Crippen LogP contribution is 2.75. The Morgan fingerprint density at radius 3 is 2.16 bits per heavy atom. The number of carbonyl (C=O) groups is 2. The minimum Gasteiger partial charge on any atom is -0.369 e. The molecule has 2 atom stereocenters. The van der Waals surface area contributed by atoms with Gasteiger partial charge in [-0.3, -0.25) is 9.59 Å². The second kappa shape index (κ2) is 9.31. The number of primary amides is 1. The Bertz CT molecular complexity index is 1450. The molecule has 2 unspecified atom stereocenters. The van der Waals surface area contributed by atoms with E-state index in [-0.39, 0.29) is 32.4 Å². The number of nitrogens with one attached hydrogen (secondary N) is 1. The molecule has 1 aliphatic carbocycles. The van der Waals surface area contributed by atoms with Crippen molar-refractivity contribution in [3.8, 4) is 0 Å². The van der Waals surface area contributed by atoms with Gasteiger partial charge in [-0.05, 0) is 53.6 Å². The van der Waals surface area contributed by atoms with Crippen LogP contribution in [0.4, 0.5) is 27.6 Å². The van der Waals surface area contributed by atoms with Crippen LogP contribution in [0.15, 0.2) is 54.6 Å². The topological polar surface area (TPSA) is 72.2 Å². The third kappa shape index (κ3) is 4.52. The van der Waals surface area contributed by atoms with Crippen molar-refractivity contribution in [3.05, 3.63) is 98.5 Å². The van der Waals surface area contributed by atoms with E-state index in [1.165, 1.54) is 12.1 Å². The molecular weight excluding hydrogens is 585 g/mol. The fraction of sp³-hybridized carbons (Fsp3) is 0.167. The predicted molar refractivity (Wildman–Crippen MR) is 130 cm³/mol. The molecule has 0 bridgehead atoms. The number of halogens is 9. The highest BCUT2D eigenvalue weighted by molar-refractivity contribution is 6.55. The average Bonchev–Trinajstić information content (AvgIpc) is 3.32. The van der Waals surface area contributed by atoms with Crippen molar-refractivity contribution < 1.29 is 31.5 Å². The maximum atomic E-state index is 14.0. The van der Waals surface area contributed by atoms with Crippen LogP contribution in [0, 0.1) is 11.6 Å². The van der Waals surface area contributed by atoms with E-state index >= 15 is 0 Å². The van der Waals surface area contributed by atoms with Crippen molar-refractivity contribution in [2.75, 3.05) is 5.32 Å². The number of nitrogens with two attached hydrogens (primary N) is 1. The molecule has 4 rings (SSSR count). The van der Waals surface area contributed by atoms with Gasteiger partial charge in [0.15, 0.2) is 0 Å². The first-order chi connectivity index (χ1) is 17.1. The van der Waals surface area contributed by atoms with Gasteiger partial charge in [0.1, 0.15) is 21.4 Å². The zero-order chi connectivity index (χ0) is 27.5. The number of hydrogen-bond donors (Lipinski definition) is 2. The van der Waals surface area contributed by atoms with Crippen molar-refractivity contribution in [2.24, 2.45) is 5.73 Å². The molecule has 0 heterocycles. The van der Waals surface area contributed by atoms with E-state index < -0.39 is 50.9 Å². The summed E-state index contributed by atoms with van der Waals surface area (Å²) in [7, 11) is 0. The molecule has 3 N–H and O–H groups in total. The molecule has 3 aromatic rings. The third-order valence-electron chi connectivity index (χ3n) is 6.11. The van der Waals surface area contributed by atoms with Gasteiger partial charge < -0.3 is 11.1 Å². The lowest BCUT2D eigenvalue weighted by Crippen LogP contribution is -2.34. The van der Waals surface area contributed by atoms with Crippen LogP contribution in [0.3, 0.4) is 0 Å². The first-order valence-electron chi connectivity index (χ1n) is 10.2. The second-order valence-electron chi connectivity index (χ2n) is 8.24. The molecule has 2 amide bonds. The summed E-state index contributed by atoms with van der Waals surface area (Å²) in [5.41, 5.74) is 1.75. The SMILES string of the molecule is NC(=O)C1(c2ccc(Cl)c(C(=O)Nc3ccc(F)cc3F)c2)C(c2cc(C(F)(F)F)ccc2Cl)C1(Cl)Cl. The molecule has 13 heteroatoms. The van der Waals surface area contributed by atoms with Gasteiger partial charge in [0.2, 0.25) is 5.91 Å². The van der Waals surface area contributed by atoms with E-state index in [0.717, 1.165) is 36.4 Å². The summed E-state index contributed by atoms with van der Waals surface area (Å²) >= 11 is 25.3. The molecular formula is C24H13Cl4F5N2O2. The summed E-state index contributed by atoms with van der Waals surface area (Å²) < 4.78 is 65.2. The lowest BCUT2D eigenvalue weighted by Gasteiger charge is -2.18. The number of benzene rings is 3. The minimum atomic E-state index is -4.73. The van der Waals surface area contributed by atoms with Crippen LogP contribution in [-0.2, 0) is 16.4 Å². The lowest BCUT2D eigenvalue weighted by molar-refractivity contribution is -0.137. The van der Waals surface area contributed by atoms with E-state index in [2.05, 4.69) is 5.32 Å². The van der Waals surface area contributed by atoms with Crippen LogP contribution in [0.5, 0.6) is 0 Å². The van der Waals surface area contributed by atoms with E-state index in [0.29, 0.717) is 6.07 Å². The third-order valence-corrected chi connectivity index (χ3v) is 7.81. The highest BCUT2D eigenvalue weighted by atomic mass is 35.5.